The molecule has 1 saturated heterocycles. The van der Waals surface area contributed by atoms with Crippen LogP contribution in [-0.2, 0) is 21.7 Å². The van der Waals surface area contributed by atoms with Crippen LogP contribution in [0.5, 0.6) is 0 Å². The average Bonchev–Trinajstić information content (AvgIpc) is 3.30. The third-order valence-electron chi connectivity index (χ3n) is 5.93. The Morgan fingerprint density at radius 3 is 2.78 bits per heavy atom. The number of nitrogens with zero attached hydrogens (tertiary/aromatic N) is 2. The first-order valence-corrected chi connectivity index (χ1v) is 10.9. The third-order valence-corrected chi connectivity index (χ3v) is 6.17. The van der Waals surface area contributed by atoms with Gasteiger partial charge in [-0.05, 0) is 42.3 Å². The van der Waals surface area contributed by atoms with Gasteiger partial charge in [0.15, 0.2) is 5.60 Å². The van der Waals surface area contributed by atoms with Gasteiger partial charge in [-0.1, -0.05) is 42.8 Å². The highest BCUT2D eigenvalue weighted by molar-refractivity contribution is 6.31. The summed E-state index contributed by atoms with van der Waals surface area (Å²) >= 11 is 6.20. The van der Waals surface area contributed by atoms with Gasteiger partial charge in [-0.25, -0.2) is 4.79 Å². The van der Waals surface area contributed by atoms with E-state index in [1.807, 2.05) is 24.3 Å². The molecule has 0 aromatic heterocycles. The van der Waals surface area contributed by atoms with Gasteiger partial charge in [0.2, 0.25) is 0 Å². The van der Waals surface area contributed by atoms with Crippen molar-refractivity contribution in [2.75, 3.05) is 29.6 Å². The number of cyclic esters (lactones) is 1. The number of rotatable bonds is 7. The largest absolute Gasteiger partial charge is 0.447 e. The smallest absolute Gasteiger partial charge is 0.414 e. The summed E-state index contributed by atoms with van der Waals surface area (Å²) in [5, 5.41) is 21.0. The lowest BCUT2D eigenvalue weighted by Crippen LogP contribution is -2.44. The number of amides is 2. The lowest BCUT2D eigenvalue weighted by atomic mass is 9.83. The average molecular weight is 457 g/mol. The number of hydrogen-bond acceptors (Lipinski definition) is 5. The first-order chi connectivity index (χ1) is 15.4. The van der Waals surface area contributed by atoms with Crippen LogP contribution in [-0.4, -0.2) is 42.0 Å². The number of fused-ring (bicyclic) bond motifs is 1. The number of anilines is 2. The van der Waals surface area contributed by atoms with Crippen LogP contribution in [0.4, 0.5) is 16.2 Å². The molecule has 0 spiro atoms. The van der Waals surface area contributed by atoms with E-state index >= 15 is 0 Å². The predicted molar refractivity (Wildman–Crippen MR) is 122 cm³/mol. The van der Waals surface area contributed by atoms with Crippen molar-refractivity contribution in [1.82, 2.24) is 0 Å². The molecule has 0 radical (unpaired) electrons. The topological polar surface area (TPSA) is 90.3 Å². The van der Waals surface area contributed by atoms with Crippen molar-refractivity contribution >= 4 is 35.0 Å². The second-order valence-electron chi connectivity index (χ2n) is 7.98. The molecule has 2 aromatic rings. The molecule has 2 N–H and O–H groups in total. The Labute approximate surface area is 191 Å². The molecule has 32 heavy (non-hydrogen) atoms. The maximum absolute atomic E-state index is 13.5. The van der Waals surface area contributed by atoms with Crippen molar-refractivity contribution in [3.05, 3.63) is 70.8 Å². The lowest BCUT2D eigenvalue weighted by molar-refractivity contribution is -0.139. The number of ether oxygens (including phenoxy) is 1. The van der Waals surface area contributed by atoms with Crippen molar-refractivity contribution in [2.45, 2.75) is 25.5 Å². The Morgan fingerprint density at radius 2 is 2.06 bits per heavy atom. The fraction of sp³-hybridized carbons (Fsp3) is 0.333. The predicted octanol–water partition coefficient (Wildman–Crippen LogP) is 3.61. The molecular weight excluding hydrogens is 432 g/mol. The Kier molecular flexibility index (Phi) is 6.24. The molecule has 4 rings (SSSR count). The van der Waals surface area contributed by atoms with E-state index in [-0.39, 0.29) is 13.2 Å². The number of benzene rings is 2. The van der Waals surface area contributed by atoms with Crippen LogP contribution in [0.25, 0.3) is 0 Å². The number of hydrogen-bond donors (Lipinski definition) is 2. The van der Waals surface area contributed by atoms with Gasteiger partial charge in [-0.2, -0.15) is 0 Å². The summed E-state index contributed by atoms with van der Waals surface area (Å²) in [5.41, 5.74) is 0.779. The zero-order valence-corrected chi connectivity index (χ0v) is 18.5. The maximum atomic E-state index is 13.5. The highest BCUT2D eigenvalue weighted by Crippen LogP contribution is 2.46. The molecule has 8 heteroatoms. The summed E-state index contributed by atoms with van der Waals surface area (Å²) in [6, 6.07) is 12.4. The van der Waals surface area contributed by atoms with Crippen LogP contribution in [0.2, 0.25) is 5.02 Å². The monoisotopic (exact) mass is 456 g/mol. The number of aliphatic hydroxyl groups is 2. The van der Waals surface area contributed by atoms with Gasteiger partial charge in [-0.15, -0.1) is 0 Å². The summed E-state index contributed by atoms with van der Waals surface area (Å²) in [5.74, 6) is -0.976. The van der Waals surface area contributed by atoms with Crippen LogP contribution in [0.1, 0.15) is 24.5 Å². The van der Waals surface area contributed by atoms with Crippen molar-refractivity contribution in [3.63, 3.8) is 0 Å². The fourth-order valence-electron chi connectivity index (χ4n) is 4.22. The van der Waals surface area contributed by atoms with E-state index in [0.717, 1.165) is 5.56 Å². The standard InChI is InChI=1S/C24H25ClN2O5/c1-16(5-2-3-11-28)24(31)20-14-18(25)8-9-21(20)27(22(24)29)15-17-6-4-7-19(13-17)26-10-12-32-23(26)30/h2,4-9,13-14,16,28,31H,3,10-12,15H2,1H3/b5-2+/t16-,24+/m0/s1. The molecular formula is C24H25ClN2O5. The highest BCUT2D eigenvalue weighted by Gasteiger charge is 2.52. The summed E-state index contributed by atoms with van der Waals surface area (Å²) in [6.45, 7) is 2.80. The van der Waals surface area contributed by atoms with Crippen LogP contribution >= 0.6 is 11.6 Å². The molecule has 0 bridgehead atoms. The molecule has 2 aromatic carbocycles. The molecule has 0 saturated carbocycles. The Hall–Kier alpha value is -2.87. The number of carbonyl (C=O) groups excluding carboxylic acids is 2. The molecule has 2 aliphatic rings. The van der Waals surface area contributed by atoms with E-state index in [1.165, 1.54) is 0 Å². The zero-order valence-electron chi connectivity index (χ0n) is 17.7. The highest BCUT2D eigenvalue weighted by atomic mass is 35.5. The number of aliphatic hydroxyl groups excluding tert-OH is 1. The summed E-state index contributed by atoms with van der Waals surface area (Å²) in [6.07, 6.45) is 3.53. The van der Waals surface area contributed by atoms with E-state index in [2.05, 4.69) is 0 Å². The molecule has 1 fully saturated rings. The molecule has 2 amide bonds. The van der Waals surface area contributed by atoms with Crippen molar-refractivity contribution < 1.29 is 24.5 Å². The summed E-state index contributed by atoms with van der Waals surface area (Å²) in [4.78, 5) is 28.5. The Morgan fingerprint density at radius 1 is 1.25 bits per heavy atom. The van der Waals surface area contributed by atoms with Gasteiger partial charge in [0.1, 0.15) is 6.61 Å². The zero-order chi connectivity index (χ0) is 22.9. The van der Waals surface area contributed by atoms with Gasteiger partial charge in [0.05, 0.1) is 18.8 Å². The van der Waals surface area contributed by atoms with E-state index < -0.39 is 23.5 Å². The maximum Gasteiger partial charge on any atom is 0.414 e. The number of carbonyl (C=O) groups is 2. The van der Waals surface area contributed by atoms with Crippen LogP contribution < -0.4 is 9.80 Å². The van der Waals surface area contributed by atoms with Crippen molar-refractivity contribution in [1.29, 1.82) is 0 Å². The second-order valence-corrected chi connectivity index (χ2v) is 8.42. The van der Waals surface area contributed by atoms with Gasteiger partial charge in [0, 0.05) is 28.8 Å². The van der Waals surface area contributed by atoms with Crippen LogP contribution in [0, 0.1) is 5.92 Å². The van der Waals surface area contributed by atoms with Crippen molar-refractivity contribution in [2.24, 2.45) is 5.92 Å². The minimum absolute atomic E-state index is 0.00889. The molecule has 2 heterocycles. The van der Waals surface area contributed by atoms with E-state index in [1.54, 1.807) is 47.1 Å². The molecule has 168 valence electrons. The van der Waals surface area contributed by atoms with E-state index in [4.69, 9.17) is 21.4 Å². The van der Waals surface area contributed by atoms with Gasteiger partial charge >= 0.3 is 6.09 Å². The minimum atomic E-state index is -1.78. The van der Waals surface area contributed by atoms with Crippen molar-refractivity contribution in [3.8, 4) is 0 Å². The fourth-order valence-corrected chi connectivity index (χ4v) is 4.40. The Bertz CT molecular complexity index is 1070. The second kappa shape index (κ2) is 8.94. The molecule has 0 unspecified atom stereocenters. The van der Waals surface area contributed by atoms with Crippen LogP contribution in [0.3, 0.4) is 0 Å². The molecule has 7 nitrogen and oxygen atoms in total. The SMILES string of the molecule is C[C@@H](/C=C/CCO)[C@]1(O)C(=O)N(Cc2cccc(N3CCOC3=O)c2)c2ccc(Cl)cc21. The normalized spacial score (nSPS) is 21.4. The van der Waals surface area contributed by atoms with Gasteiger partial charge < -0.3 is 19.8 Å². The molecule has 0 aliphatic carbocycles. The summed E-state index contributed by atoms with van der Waals surface area (Å²) in [7, 11) is 0. The van der Waals surface area contributed by atoms with E-state index in [9.17, 15) is 14.7 Å². The molecule has 2 atom stereocenters. The lowest BCUT2D eigenvalue weighted by Gasteiger charge is -2.28. The first kappa shape index (κ1) is 22.3. The first-order valence-electron chi connectivity index (χ1n) is 10.5. The molecule has 2 aliphatic heterocycles. The Balaban J connectivity index is 1.67. The van der Waals surface area contributed by atoms with Gasteiger partial charge in [-0.3, -0.25) is 9.69 Å². The minimum Gasteiger partial charge on any atom is -0.447 e. The quantitative estimate of drug-likeness (QED) is 0.621. The van der Waals surface area contributed by atoms with E-state index in [0.29, 0.717) is 41.5 Å². The third kappa shape index (κ3) is 3.88. The van der Waals surface area contributed by atoms with Crippen LogP contribution in [0.15, 0.2) is 54.6 Å². The number of halogens is 1. The van der Waals surface area contributed by atoms with Gasteiger partial charge in [0.25, 0.3) is 5.91 Å². The summed E-state index contributed by atoms with van der Waals surface area (Å²) < 4.78 is 5.02.